The average molecular weight is 292 g/mol. The molecule has 0 aliphatic carbocycles. The molecular weight excluding hydrogens is 274 g/mol. The normalized spacial score (nSPS) is 10.9. The Labute approximate surface area is 123 Å². The van der Waals surface area contributed by atoms with E-state index in [1.165, 1.54) is 6.07 Å². The second-order valence-corrected chi connectivity index (χ2v) is 5.21. The van der Waals surface area contributed by atoms with Crippen molar-refractivity contribution in [1.82, 2.24) is 10.3 Å². The molecule has 2 aromatic rings. The first-order valence-electron chi connectivity index (χ1n) is 6.83. The fourth-order valence-electron chi connectivity index (χ4n) is 1.74. The lowest BCUT2D eigenvalue weighted by Crippen LogP contribution is -2.18. The number of aromatic nitrogens is 1. The minimum atomic E-state index is -0.943. The van der Waals surface area contributed by atoms with E-state index in [1.807, 2.05) is 6.07 Å². The zero-order valence-corrected chi connectivity index (χ0v) is 12.1. The molecule has 0 radical (unpaired) electrons. The van der Waals surface area contributed by atoms with Crippen molar-refractivity contribution in [2.45, 2.75) is 20.4 Å². The van der Waals surface area contributed by atoms with Crippen LogP contribution in [0, 0.1) is 17.6 Å². The molecule has 0 spiro atoms. The lowest BCUT2D eigenvalue weighted by Gasteiger charge is -2.08. The van der Waals surface area contributed by atoms with Crippen molar-refractivity contribution in [3.63, 3.8) is 0 Å². The third kappa shape index (κ3) is 4.79. The summed E-state index contributed by atoms with van der Waals surface area (Å²) in [6.07, 6.45) is 1.70. The van der Waals surface area contributed by atoms with Gasteiger partial charge in [-0.2, -0.15) is 0 Å². The summed E-state index contributed by atoms with van der Waals surface area (Å²) in [4.78, 5) is 4.15. The highest BCUT2D eigenvalue weighted by Crippen LogP contribution is 2.21. The Kier molecular flexibility index (Phi) is 5.22. The van der Waals surface area contributed by atoms with Gasteiger partial charge in [0.1, 0.15) is 5.75 Å². The van der Waals surface area contributed by atoms with E-state index in [-0.39, 0.29) is 5.75 Å². The second kappa shape index (κ2) is 7.13. The Morgan fingerprint density at radius 3 is 2.57 bits per heavy atom. The summed E-state index contributed by atoms with van der Waals surface area (Å²) in [5.74, 6) is -0.696. The lowest BCUT2D eigenvalue weighted by molar-refractivity contribution is 0.447. The van der Waals surface area contributed by atoms with Crippen molar-refractivity contribution in [3.8, 4) is 11.6 Å². The van der Waals surface area contributed by atoms with Crippen molar-refractivity contribution in [2.75, 3.05) is 6.54 Å². The predicted octanol–water partition coefficient (Wildman–Crippen LogP) is 3.90. The monoisotopic (exact) mass is 292 g/mol. The van der Waals surface area contributed by atoms with Crippen LogP contribution >= 0.6 is 0 Å². The lowest BCUT2D eigenvalue weighted by atomic mass is 10.2. The minimum absolute atomic E-state index is 0.215. The van der Waals surface area contributed by atoms with Crippen LogP contribution in [0.25, 0.3) is 0 Å². The van der Waals surface area contributed by atoms with Gasteiger partial charge >= 0.3 is 0 Å². The largest absolute Gasteiger partial charge is 0.439 e. The molecule has 0 amide bonds. The summed E-state index contributed by atoms with van der Waals surface area (Å²) in [5, 5.41) is 3.31. The van der Waals surface area contributed by atoms with Gasteiger partial charge in [-0.15, -0.1) is 0 Å². The highest BCUT2D eigenvalue weighted by atomic mass is 19.2. The summed E-state index contributed by atoms with van der Waals surface area (Å²) in [6, 6.07) is 6.96. The van der Waals surface area contributed by atoms with E-state index in [4.69, 9.17) is 4.74 Å². The Morgan fingerprint density at radius 2 is 1.95 bits per heavy atom. The molecule has 0 saturated carbocycles. The van der Waals surface area contributed by atoms with Crippen molar-refractivity contribution in [2.24, 2.45) is 5.92 Å². The standard InChI is InChI=1S/C16H18F2N2O/c1-11(2)8-19-9-12-3-6-16(20-10-12)21-13-4-5-14(17)15(18)7-13/h3-7,10-11,19H,8-9H2,1-2H3. The molecule has 1 aromatic carbocycles. The Hall–Kier alpha value is -2.01. The van der Waals surface area contributed by atoms with Crippen LogP contribution in [0.3, 0.4) is 0 Å². The molecule has 3 nitrogen and oxygen atoms in total. The number of rotatable bonds is 6. The Balaban J connectivity index is 1.94. The summed E-state index contributed by atoms with van der Waals surface area (Å²) < 4.78 is 31.3. The molecule has 0 atom stereocenters. The van der Waals surface area contributed by atoms with Crippen LogP contribution in [0.1, 0.15) is 19.4 Å². The predicted molar refractivity (Wildman–Crippen MR) is 77.2 cm³/mol. The van der Waals surface area contributed by atoms with Crippen molar-refractivity contribution < 1.29 is 13.5 Å². The highest BCUT2D eigenvalue weighted by Gasteiger charge is 2.05. The number of nitrogens with one attached hydrogen (secondary N) is 1. The van der Waals surface area contributed by atoms with Crippen molar-refractivity contribution >= 4 is 0 Å². The van der Waals surface area contributed by atoms with Gasteiger partial charge in [0.25, 0.3) is 0 Å². The zero-order chi connectivity index (χ0) is 15.2. The van der Waals surface area contributed by atoms with E-state index < -0.39 is 11.6 Å². The quantitative estimate of drug-likeness (QED) is 0.877. The van der Waals surface area contributed by atoms with Crippen LogP contribution in [0.5, 0.6) is 11.6 Å². The minimum Gasteiger partial charge on any atom is -0.439 e. The number of ether oxygens (including phenoxy) is 1. The van der Waals surface area contributed by atoms with E-state index >= 15 is 0 Å². The molecule has 0 aliphatic heterocycles. The number of hydrogen-bond donors (Lipinski definition) is 1. The number of halogens is 2. The van der Waals surface area contributed by atoms with Gasteiger partial charge in [-0.3, -0.25) is 0 Å². The molecule has 0 saturated heterocycles. The van der Waals surface area contributed by atoms with Gasteiger partial charge in [-0.1, -0.05) is 19.9 Å². The van der Waals surface area contributed by atoms with Gasteiger partial charge in [0, 0.05) is 24.9 Å². The second-order valence-electron chi connectivity index (χ2n) is 5.21. The maximum absolute atomic E-state index is 13.1. The number of benzene rings is 1. The van der Waals surface area contributed by atoms with Crippen molar-refractivity contribution in [3.05, 3.63) is 53.7 Å². The SMILES string of the molecule is CC(C)CNCc1ccc(Oc2ccc(F)c(F)c2)nc1. The number of pyridine rings is 1. The molecule has 0 bridgehead atoms. The first-order valence-corrected chi connectivity index (χ1v) is 6.83. The molecular formula is C16H18F2N2O. The molecule has 2 rings (SSSR count). The fraction of sp³-hybridized carbons (Fsp3) is 0.312. The topological polar surface area (TPSA) is 34.1 Å². The summed E-state index contributed by atoms with van der Waals surface area (Å²) in [5.41, 5.74) is 1.04. The van der Waals surface area contributed by atoms with E-state index in [0.29, 0.717) is 11.8 Å². The van der Waals surface area contributed by atoms with Gasteiger partial charge in [0.05, 0.1) is 0 Å². The molecule has 0 aliphatic rings. The first kappa shape index (κ1) is 15.4. The van der Waals surface area contributed by atoms with Crippen LogP contribution < -0.4 is 10.1 Å². The van der Waals surface area contributed by atoms with Gasteiger partial charge in [0.2, 0.25) is 5.88 Å². The van der Waals surface area contributed by atoms with Gasteiger partial charge < -0.3 is 10.1 Å². The van der Waals surface area contributed by atoms with E-state index in [2.05, 4.69) is 24.1 Å². The molecule has 0 unspecified atom stereocenters. The third-order valence-electron chi connectivity index (χ3n) is 2.79. The van der Waals surface area contributed by atoms with E-state index in [9.17, 15) is 8.78 Å². The van der Waals surface area contributed by atoms with Gasteiger partial charge in [0.15, 0.2) is 11.6 Å². The van der Waals surface area contributed by atoms with Crippen LogP contribution in [0.4, 0.5) is 8.78 Å². The van der Waals surface area contributed by atoms with Crippen LogP contribution in [-0.4, -0.2) is 11.5 Å². The van der Waals surface area contributed by atoms with E-state index in [0.717, 1.165) is 30.8 Å². The zero-order valence-electron chi connectivity index (χ0n) is 12.1. The fourth-order valence-corrected chi connectivity index (χ4v) is 1.74. The van der Waals surface area contributed by atoms with Crippen molar-refractivity contribution in [1.29, 1.82) is 0 Å². The average Bonchev–Trinajstić information content (AvgIpc) is 2.44. The number of hydrogen-bond acceptors (Lipinski definition) is 3. The smallest absolute Gasteiger partial charge is 0.219 e. The molecule has 21 heavy (non-hydrogen) atoms. The summed E-state index contributed by atoms with van der Waals surface area (Å²) in [7, 11) is 0. The molecule has 5 heteroatoms. The maximum Gasteiger partial charge on any atom is 0.219 e. The van der Waals surface area contributed by atoms with Crippen LogP contribution in [0.2, 0.25) is 0 Å². The Bertz CT molecular complexity index is 585. The Morgan fingerprint density at radius 1 is 1.14 bits per heavy atom. The highest BCUT2D eigenvalue weighted by molar-refractivity contribution is 5.28. The molecule has 0 fully saturated rings. The van der Waals surface area contributed by atoms with Crippen LogP contribution in [0.15, 0.2) is 36.5 Å². The molecule has 1 aromatic heterocycles. The first-order chi connectivity index (χ1) is 10.0. The summed E-state index contributed by atoms with van der Waals surface area (Å²) >= 11 is 0. The number of nitrogens with zero attached hydrogens (tertiary/aromatic N) is 1. The molecule has 112 valence electrons. The maximum atomic E-state index is 13.1. The van der Waals surface area contributed by atoms with Gasteiger partial charge in [-0.05, 0) is 30.2 Å². The van der Waals surface area contributed by atoms with Gasteiger partial charge in [-0.25, -0.2) is 13.8 Å². The summed E-state index contributed by atoms with van der Waals surface area (Å²) in [6.45, 7) is 5.96. The molecule has 1 heterocycles. The van der Waals surface area contributed by atoms with Crippen LogP contribution in [-0.2, 0) is 6.54 Å². The van der Waals surface area contributed by atoms with E-state index in [1.54, 1.807) is 12.3 Å². The third-order valence-corrected chi connectivity index (χ3v) is 2.79. The molecule has 1 N–H and O–H groups in total.